The summed E-state index contributed by atoms with van der Waals surface area (Å²) < 4.78 is 28.3. The van der Waals surface area contributed by atoms with Crippen LogP contribution in [0.3, 0.4) is 0 Å². The standard InChI is InChI=1S/C26H20F2N6O2/c1-13(35)17-9-19-24(10-18(17)14(2)36)32-26(29-12-20-21(27)4-3-5-22(20)28)33-25(19)31-16-6-7-23-15(8-16)11-30-34-23/h3-11H,12H2,1-2H3,(H,30,34)(H2,29,31,32,33). The molecule has 0 atom stereocenters. The van der Waals surface area contributed by atoms with E-state index in [1.54, 1.807) is 12.3 Å². The molecule has 0 amide bonds. The lowest BCUT2D eigenvalue weighted by atomic mass is 9.98. The van der Waals surface area contributed by atoms with E-state index in [0.29, 0.717) is 22.4 Å². The number of halogens is 2. The van der Waals surface area contributed by atoms with E-state index in [9.17, 15) is 18.4 Å². The van der Waals surface area contributed by atoms with Crippen molar-refractivity contribution in [2.24, 2.45) is 0 Å². The minimum atomic E-state index is -0.694. The molecule has 180 valence electrons. The van der Waals surface area contributed by atoms with E-state index < -0.39 is 11.6 Å². The highest BCUT2D eigenvalue weighted by atomic mass is 19.1. The summed E-state index contributed by atoms with van der Waals surface area (Å²) in [5.41, 5.74) is 2.25. The Labute approximate surface area is 203 Å². The normalized spacial score (nSPS) is 11.1. The molecular weight excluding hydrogens is 466 g/mol. The summed E-state index contributed by atoms with van der Waals surface area (Å²) in [4.78, 5) is 33.5. The molecule has 0 bridgehead atoms. The number of carbonyl (C=O) groups excluding carboxylic acids is 2. The molecule has 0 unspecified atom stereocenters. The lowest BCUT2D eigenvalue weighted by Crippen LogP contribution is -2.10. The third-order valence-corrected chi connectivity index (χ3v) is 5.78. The first kappa shape index (κ1) is 23.0. The zero-order chi connectivity index (χ0) is 25.4. The van der Waals surface area contributed by atoms with Gasteiger partial charge in [-0.2, -0.15) is 10.1 Å². The number of hydrogen-bond acceptors (Lipinski definition) is 7. The molecule has 8 nitrogen and oxygen atoms in total. The number of rotatable bonds is 7. The molecule has 2 heterocycles. The van der Waals surface area contributed by atoms with Gasteiger partial charge in [-0.15, -0.1) is 0 Å². The maximum Gasteiger partial charge on any atom is 0.225 e. The first-order valence-corrected chi connectivity index (χ1v) is 11.0. The van der Waals surface area contributed by atoms with E-state index in [4.69, 9.17) is 0 Å². The first-order valence-electron chi connectivity index (χ1n) is 11.0. The van der Waals surface area contributed by atoms with Crippen molar-refractivity contribution in [2.75, 3.05) is 10.6 Å². The minimum Gasteiger partial charge on any atom is -0.350 e. The van der Waals surface area contributed by atoms with Crippen molar-refractivity contribution in [3.8, 4) is 0 Å². The van der Waals surface area contributed by atoms with E-state index in [1.165, 1.54) is 38.1 Å². The molecule has 0 spiro atoms. The van der Waals surface area contributed by atoms with Crippen LogP contribution in [0.25, 0.3) is 21.8 Å². The van der Waals surface area contributed by atoms with E-state index in [1.807, 2.05) is 18.2 Å². The number of nitrogens with zero attached hydrogens (tertiary/aromatic N) is 3. The van der Waals surface area contributed by atoms with Crippen molar-refractivity contribution >= 4 is 50.8 Å². The van der Waals surface area contributed by atoms with Crippen LogP contribution in [0.1, 0.15) is 40.1 Å². The molecular formula is C26H20F2N6O2. The summed E-state index contributed by atoms with van der Waals surface area (Å²) in [6.07, 6.45) is 1.68. The van der Waals surface area contributed by atoms with Crippen LogP contribution >= 0.6 is 0 Å². The summed E-state index contributed by atoms with van der Waals surface area (Å²) in [7, 11) is 0. The van der Waals surface area contributed by atoms with Crippen molar-refractivity contribution in [2.45, 2.75) is 20.4 Å². The van der Waals surface area contributed by atoms with Gasteiger partial charge in [-0.1, -0.05) is 6.07 Å². The Kier molecular flexibility index (Phi) is 5.85. The molecule has 3 aromatic carbocycles. The average Bonchev–Trinajstić information content (AvgIpc) is 3.31. The zero-order valence-electron chi connectivity index (χ0n) is 19.3. The van der Waals surface area contributed by atoms with Gasteiger partial charge in [0.25, 0.3) is 0 Å². The van der Waals surface area contributed by atoms with Crippen molar-refractivity contribution in [3.05, 3.63) is 83.1 Å². The highest BCUT2D eigenvalue weighted by molar-refractivity contribution is 6.11. The second-order valence-corrected chi connectivity index (χ2v) is 8.27. The predicted molar refractivity (Wildman–Crippen MR) is 133 cm³/mol. The number of aromatic nitrogens is 4. The molecule has 0 aliphatic rings. The number of benzene rings is 3. The van der Waals surface area contributed by atoms with Gasteiger partial charge in [0.2, 0.25) is 5.95 Å². The topological polar surface area (TPSA) is 113 Å². The summed E-state index contributed by atoms with van der Waals surface area (Å²) in [6.45, 7) is 2.55. The van der Waals surface area contributed by atoms with E-state index in [2.05, 4.69) is 30.8 Å². The second kappa shape index (κ2) is 9.14. The van der Waals surface area contributed by atoms with Crippen LogP contribution in [0.15, 0.2) is 54.7 Å². The van der Waals surface area contributed by atoms with Crippen LogP contribution in [0.5, 0.6) is 0 Å². The van der Waals surface area contributed by atoms with Gasteiger partial charge >= 0.3 is 0 Å². The van der Waals surface area contributed by atoms with Crippen LogP contribution in [-0.4, -0.2) is 31.7 Å². The summed E-state index contributed by atoms with van der Waals surface area (Å²) in [5, 5.41) is 14.4. The maximum atomic E-state index is 14.1. The van der Waals surface area contributed by atoms with E-state index in [-0.39, 0.29) is 40.7 Å². The Morgan fingerprint density at radius 3 is 2.39 bits per heavy atom. The summed E-state index contributed by atoms with van der Waals surface area (Å²) in [6, 6.07) is 12.3. The van der Waals surface area contributed by atoms with Crippen LogP contribution in [0.2, 0.25) is 0 Å². The highest BCUT2D eigenvalue weighted by Gasteiger charge is 2.18. The fourth-order valence-corrected chi connectivity index (χ4v) is 3.96. The van der Waals surface area contributed by atoms with Gasteiger partial charge < -0.3 is 10.6 Å². The van der Waals surface area contributed by atoms with E-state index >= 15 is 0 Å². The molecule has 10 heteroatoms. The molecule has 5 aromatic rings. The number of H-pyrrole nitrogens is 1. The van der Waals surface area contributed by atoms with Crippen LogP contribution in [0, 0.1) is 11.6 Å². The monoisotopic (exact) mass is 486 g/mol. The minimum absolute atomic E-state index is 0.0853. The third kappa shape index (κ3) is 4.36. The Balaban J connectivity index is 1.62. The van der Waals surface area contributed by atoms with Gasteiger partial charge in [-0.25, -0.2) is 13.8 Å². The van der Waals surface area contributed by atoms with Crippen LogP contribution in [-0.2, 0) is 6.54 Å². The fraction of sp³-hybridized carbons (Fsp3) is 0.115. The maximum absolute atomic E-state index is 14.1. The molecule has 2 aromatic heterocycles. The number of nitrogens with one attached hydrogen (secondary N) is 3. The molecule has 0 radical (unpaired) electrons. The van der Waals surface area contributed by atoms with Gasteiger partial charge in [-0.05, 0) is 56.3 Å². The highest BCUT2D eigenvalue weighted by Crippen LogP contribution is 2.30. The SMILES string of the molecule is CC(=O)c1cc2nc(NCc3c(F)cccc3F)nc(Nc3ccc4[nH]ncc4c3)c2cc1C(C)=O. The second-order valence-electron chi connectivity index (χ2n) is 8.27. The molecule has 0 aliphatic heterocycles. The Hall–Kier alpha value is -4.73. The van der Waals surface area contributed by atoms with Gasteiger partial charge in [-0.3, -0.25) is 14.7 Å². The quantitative estimate of drug-likeness (QED) is 0.259. The molecule has 0 saturated carbocycles. The largest absolute Gasteiger partial charge is 0.350 e. The van der Waals surface area contributed by atoms with Crippen LogP contribution in [0.4, 0.5) is 26.2 Å². The fourth-order valence-electron chi connectivity index (χ4n) is 3.96. The molecule has 3 N–H and O–H groups in total. The third-order valence-electron chi connectivity index (χ3n) is 5.78. The number of aromatic amines is 1. The van der Waals surface area contributed by atoms with Crippen molar-refractivity contribution in [3.63, 3.8) is 0 Å². The van der Waals surface area contributed by atoms with Gasteiger partial charge in [0.1, 0.15) is 17.5 Å². The predicted octanol–water partition coefficient (Wildman–Crippen LogP) is 5.55. The number of anilines is 3. The first-order chi connectivity index (χ1) is 17.3. The van der Waals surface area contributed by atoms with E-state index in [0.717, 1.165) is 10.9 Å². The van der Waals surface area contributed by atoms with Gasteiger partial charge in [0.15, 0.2) is 11.6 Å². The molecule has 0 fully saturated rings. The molecule has 0 saturated heterocycles. The van der Waals surface area contributed by atoms with Crippen molar-refractivity contribution in [1.29, 1.82) is 0 Å². The number of hydrogen-bond donors (Lipinski definition) is 3. The van der Waals surface area contributed by atoms with Crippen LogP contribution < -0.4 is 10.6 Å². The molecule has 0 aliphatic carbocycles. The Morgan fingerprint density at radius 2 is 1.67 bits per heavy atom. The summed E-state index contributed by atoms with van der Waals surface area (Å²) in [5.74, 6) is -1.52. The smallest absolute Gasteiger partial charge is 0.225 e. The Bertz CT molecular complexity index is 1640. The summed E-state index contributed by atoms with van der Waals surface area (Å²) >= 11 is 0. The lowest BCUT2D eigenvalue weighted by Gasteiger charge is -2.14. The molecule has 5 rings (SSSR count). The Morgan fingerprint density at radius 1 is 0.944 bits per heavy atom. The lowest BCUT2D eigenvalue weighted by molar-refractivity contribution is 0.0981. The number of carbonyl (C=O) groups is 2. The molecule has 36 heavy (non-hydrogen) atoms. The number of fused-ring (bicyclic) bond motifs is 2. The van der Waals surface area contributed by atoms with Gasteiger partial charge in [0.05, 0.1) is 17.2 Å². The van der Waals surface area contributed by atoms with Crippen molar-refractivity contribution in [1.82, 2.24) is 20.2 Å². The number of ketones is 2. The van der Waals surface area contributed by atoms with Gasteiger partial charge in [0, 0.05) is 39.7 Å². The zero-order valence-corrected chi connectivity index (χ0v) is 19.3. The average molecular weight is 486 g/mol. The number of Topliss-reactive ketones (excluding diaryl/α,β-unsaturated/α-hetero) is 2. The van der Waals surface area contributed by atoms with Crippen molar-refractivity contribution < 1.29 is 18.4 Å².